The molecule has 0 aromatic heterocycles. The average molecular weight is 411 g/mol. The van der Waals surface area contributed by atoms with E-state index >= 15 is 0 Å². The summed E-state index contributed by atoms with van der Waals surface area (Å²) >= 11 is 0. The van der Waals surface area contributed by atoms with E-state index in [0.717, 1.165) is 28.0 Å². The Labute approximate surface area is 183 Å². The molecule has 156 valence electrons. The Morgan fingerprint density at radius 1 is 0.935 bits per heavy atom. The molecule has 31 heavy (non-hydrogen) atoms. The van der Waals surface area contributed by atoms with Crippen molar-refractivity contribution in [2.24, 2.45) is 0 Å². The van der Waals surface area contributed by atoms with E-state index in [2.05, 4.69) is 37.4 Å². The zero-order chi connectivity index (χ0) is 22.4. The number of nitrogens with zero attached hydrogens (tertiary/aromatic N) is 1. The fourth-order valence-electron chi connectivity index (χ4n) is 3.44. The molecular formula is C27H26N2O2. The summed E-state index contributed by atoms with van der Waals surface area (Å²) in [6.45, 7) is 8.55. The van der Waals surface area contributed by atoms with Gasteiger partial charge in [0.2, 0.25) is 0 Å². The van der Waals surface area contributed by atoms with Crippen molar-refractivity contribution in [1.82, 2.24) is 0 Å². The van der Waals surface area contributed by atoms with Crippen LogP contribution in [0.15, 0.2) is 66.2 Å². The highest BCUT2D eigenvalue weighted by Gasteiger charge is 2.11. The molecule has 4 heteroatoms. The van der Waals surface area contributed by atoms with E-state index in [4.69, 9.17) is 4.74 Å². The minimum atomic E-state index is -0.426. The maximum Gasteiger partial charge on any atom is 0.266 e. The summed E-state index contributed by atoms with van der Waals surface area (Å²) in [5, 5.41) is 12.3. The van der Waals surface area contributed by atoms with Crippen molar-refractivity contribution in [2.75, 3.05) is 5.32 Å². The molecule has 4 nitrogen and oxygen atoms in total. The lowest BCUT2D eigenvalue weighted by Crippen LogP contribution is -2.14. The quantitative estimate of drug-likeness (QED) is 0.398. The maximum absolute atomic E-state index is 12.5. The monoisotopic (exact) mass is 410 g/mol. The summed E-state index contributed by atoms with van der Waals surface area (Å²) in [6, 6.07) is 21.4. The molecule has 0 spiro atoms. The van der Waals surface area contributed by atoms with Crippen LogP contribution in [0.3, 0.4) is 0 Å². The summed E-state index contributed by atoms with van der Waals surface area (Å²) in [7, 11) is 0. The number of aryl methyl sites for hydroxylation is 4. The zero-order valence-corrected chi connectivity index (χ0v) is 18.3. The van der Waals surface area contributed by atoms with E-state index in [1.54, 1.807) is 6.08 Å². The molecule has 3 aromatic carbocycles. The van der Waals surface area contributed by atoms with Crippen LogP contribution < -0.4 is 10.1 Å². The molecule has 0 fully saturated rings. The van der Waals surface area contributed by atoms with Gasteiger partial charge in [0.25, 0.3) is 5.91 Å². The smallest absolute Gasteiger partial charge is 0.266 e. The van der Waals surface area contributed by atoms with Crippen molar-refractivity contribution in [2.45, 2.75) is 34.3 Å². The Morgan fingerprint density at radius 2 is 1.61 bits per heavy atom. The molecule has 0 aliphatic carbocycles. The number of carbonyl (C=O) groups excluding carboxylic acids is 1. The van der Waals surface area contributed by atoms with Gasteiger partial charge in [0.05, 0.1) is 0 Å². The van der Waals surface area contributed by atoms with Crippen molar-refractivity contribution < 1.29 is 9.53 Å². The molecule has 0 unspecified atom stereocenters. The molecule has 0 saturated heterocycles. The van der Waals surface area contributed by atoms with Gasteiger partial charge in [0.15, 0.2) is 0 Å². The van der Waals surface area contributed by atoms with Gasteiger partial charge in [-0.3, -0.25) is 4.79 Å². The highest BCUT2D eigenvalue weighted by atomic mass is 16.5. The van der Waals surface area contributed by atoms with Gasteiger partial charge in [-0.2, -0.15) is 5.26 Å². The predicted molar refractivity (Wildman–Crippen MR) is 125 cm³/mol. The Kier molecular flexibility index (Phi) is 6.89. The Bertz CT molecular complexity index is 1150. The molecule has 3 rings (SSSR count). The first kappa shape index (κ1) is 21.9. The normalized spacial score (nSPS) is 11.0. The number of nitriles is 1. The molecule has 0 aliphatic heterocycles. The van der Waals surface area contributed by atoms with Crippen molar-refractivity contribution in [1.29, 1.82) is 5.26 Å². The van der Waals surface area contributed by atoms with Crippen LogP contribution >= 0.6 is 0 Å². The Hall–Kier alpha value is -3.84. The summed E-state index contributed by atoms with van der Waals surface area (Å²) in [5.74, 6) is 0.305. The van der Waals surface area contributed by atoms with Crippen molar-refractivity contribution in [3.8, 4) is 11.8 Å². The number of ether oxygens (including phenoxy) is 1. The van der Waals surface area contributed by atoms with Gasteiger partial charge in [0.1, 0.15) is 24.0 Å². The Morgan fingerprint density at radius 3 is 2.23 bits per heavy atom. The largest absolute Gasteiger partial charge is 0.489 e. The van der Waals surface area contributed by atoms with E-state index in [9.17, 15) is 10.1 Å². The first-order valence-corrected chi connectivity index (χ1v) is 10.1. The third kappa shape index (κ3) is 6.07. The first-order chi connectivity index (χ1) is 14.8. The highest BCUT2D eigenvalue weighted by Crippen LogP contribution is 2.19. The van der Waals surface area contributed by atoms with Crippen LogP contribution in [0, 0.1) is 39.0 Å². The third-order valence-corrected chi connectivity index (χ3v) is 4.87. The number of rotatable bonds is 6. The van der Waals surface area contributed by atoms with Crippen LogP contribution in [0.4, 0.5) is 5.69 Å². The highest BCUT2D eigenvalue weighted by molar-refractivity contribution is 6.09. The number of hydrogen-bond acceptors (Lipinski definition) is 3. The Balaban J connectivity index is 1.67. The first-order valence-electron chi connectivity index (χ1n) is 10.1. The summed E-state index contributed by atoms with van der Waals surface area (Å²) in [6.07, 6.45) is 1.58. The fourth-order valence-corrected chi connectivity index (χ4v) is 3.44. The molecule has 0 aliphatic rings. The van der Waals surface area contributed by atoms with Crippen LogP contribution in [-0.4, -0.2) is 5.91 Å². The summed E-state index contributed by atoms with van der Waals surface area (Å²) < 4.78 is 5.87. The van der Waals surface area contributed by atoms with Crippen molar-refractivity contribution in [3.05, 3.63) is 99.6 Å². The topological polar surface area (TPSA) is 62.1 Å². The van der Waals surface area contributed by atoms with E-state index < -0.39 is 5.91 Å². The molecule has 1 N–H and O–H groups in total. The number of carbonyl (C=O) groups is 1. The van der Waals surface area contributed by atoms with Gasteiger partial charge in [-0.25, -0.2) is 0 Å². The number of anilines is 1. The van der Waals surface area contributed by atoms with Gasteiger partial charge in [-0.1, -0.05) is 59.2 Å². The maximum atomic E-state index is 12.5. The number of nitrogens with one attached hydrogen (secondary N) is 1. The fraction of sp³-hybridized carbons (Fsp3) is 0.185. The molecule has 0 atom stereocenters. The molecule has 0 heterocycles. The van der Waals surface area contributed by atoms with Crippen LogP contribution in [0.1, 0.15) is 33.4 Å². The molecular weight excluding hydrogens is 384 g/mol. The number of hydrogen-bond donors (Lipinski definition) is 1. The molecule has 3 aromatic rings. The predicted octanol–water partition coefficient (Wildman–Crippen LogP) is 6.04. The van der Waals surface area contributed by atoms with E-state index in [1.165, 1.54) is 11.1 Å². The van der Waals surface area contributed by atoms with Crippen LogP contribution in [0.25, 0.3) is 6.08 Å². The lowest BCUT2D eigenvalue weighted by atomic mass is 10.1. The van der Waals surface area contributed by atoms with Crippen molar-refractivity contribution in [3.63, 3.8) is 0 Å². The minimum absolute atomic E-state index is 0.0453. The number of benzene rings is 3. The van der Waals surface area contributed by atoms with Crippen LogP contribution in [0.5, 0.6) is 5.75 Å². The van der Waals surface area contributed by atoms with E-state index in [-0.39, 0.29) is 5.57 Å². The SMILES string of the molecule is Cc1cc(C)cc(COc2ccc(/C=C(\C#N)C(=O)Nc3ccc(C)cc3C)cc2)c1. The lowest BCUT2D eigenvalue weighted by molar-refractivity contribution is -0.112. The van der Waals surface area contributed by atoms with Gasteiger partial charge in [-0.15, -0.1) is 0 Å². The molecule has 0 bridgehead atoms. The summed E-state index contributed by atoms with van der Waals surface area (Å²) in [5.41, 5.74) is 7.12. The second-order valence-corrected chi connectivity index (χ2v) is 7.80. The van der Waals surface area contributed by atoms with E-state index in [0.29, 0.717) is 12.3 Å². The van der Waals surface area contributed by atoms with E-state index in [1.807, 2.05) is 62.4 Å². The molecule has 1 amide bonds. The van der Waals surface area contributed by atoms with Gasteiger partial charge >= 0.3 is 0 Å². The van der Waals surface area contributed by atoms with Crippen LogP contribution in [-0.2, 0) is 11.4 Å². The second-order valence-electron chi connectivity index (χ2n) is 7.80. The minimum Gasteiger partial charge on any atom is -0.489 e. The third-order valence-electron chi connectivity index (χ3n) is 4.87. The van der Waals surface area contributed by atoms with Gasteiger partial charge in [-0.05, 0) is 68.7 Å². The molecule has 0 radical (unpaired) electrons. The standard InChI is InChI=1S/C27H26N2O2/c1-18-5-10-26(21(4)12-18)29-27(30)24(16-28)15-22-6-8-25(9-7-22)31-17-23-13-19(2)11-20(3)14-23/h5-15H,17H2,1-4H3,(H,29,30)/b24-15+. The van der Waals surface area contributed by atoms with Crippen molar-refractivity contribution >= 4 is 17.7 Å². The average Bonchev–Trinajstić information content (AvgIpc) is 2.72. The second kappa shape index (κ2) is 9.77. The summed E-state index contributed by atoms with van der Waals surface area (Å²) in [4.78, 5) is 12.5. The zero-order valence-electron chi connectivity index (χ0n) is 18.3. The van der Waals surface area contributed by atoms with Gasteiger partial charge in [0, 0.05) is 5.69 Å². The number of amides is 1. The lowest BCUT2D eigenvalue weighted by Gasteiger charge is -2.09. The molecule has 0 saturated carbocycles. The van der Waals surface area contributed by atoms with Crippen LogP contribution in [0.2, 0.25) is 0 Å². The van der Waals surface area contributed by atoms with Gasteiger partial charge < -0.3 is 10.1 Å².